The number of carboxylic acids is 1. The molecule has 1 unspecified atom stereocenters. The standard InChI is InChI=1S/C13H16N2O2/c1-4-9(13(16)17)12-14-10-5-7(2)8(3)6-11(10)15-12/h5-6,9H,4H2,1-3H3,(H,14,15)(H,16,17). The third-order valence-corrected chi connectivity index (χ3v) is 3.15. The molecule has 2 rings (SSSR count). The van der Waals surface area contributed by atoms with Crippen molar-refractivity contribution >= 4 is 17.0 Å². The molecule has 0 aliphatic carbocycles. The Morgan fingerprint density at radius 3 is 2.65 bits per heavy atom. The lowest BCUT2D eigenvalue weighted by Gasteiger charge is -2.04. The number of aliphatic carboxylic acids is 1. The molecule has 17 heavy (non-hydrogen) atoms. The Labute approximate surface area is 99.7 Å². The molecule has 0 fully saturated rings. The fourth-order valence-corrected chi connectivity index (χ4v) is 1.94. The maximum Gasteiger partial charge on any atom is 0.314 e. The number of nitrogens with zero attached hydrogens (tertiary/aromatic N) is 1. The van der Waals surface area contributed by atoms with Gasteiger partial charge >= 0.3 is 5.97 Å². The number of carbonyl (C=O) groups is 1. The summed E-state index contributed by atoms with van der Waals surface area (Å²) in [5, 5.41) is 9.10. The van der Waals surface area contributed by atoms with E-state index in [4.69, 9.17) is 5.11 Å². The van der Waals surface area contributed by atoms with Crippen LogP contribution in [0.3, 0.4) is 0 Å². The van der Waals surface area contributed by atoms with Crippen LogP contribution in [0.4, 0.5) is 0 Å². The van der Waals surface area contributed by atoms with Crippen LogP contribution < -0.4 is 0 Å². The normalized spacial score (nSPS) is 12.9. The number of nitrogens with one attached hydrogen (secondary N) is 1. The van der Waals surface area contributed by atoms with Crippen LogP contribution in [0.25, 0.3) is 11.0 Å². The van der Waals surface area contributed by atoms with E-state index >= 15 is 0 Å². The highest BCUT2D eigenvalue weighted by molar-refractivity contribution is 5.80. The van der Waals surface area contributed by atoms with Crippen LogP contribution in [0.5, 0.6) is 0 Å². The lowest BCUT2D eigenvalue weighted by molar-refractivity contribution is -0.139. The van der Waals surface area contributed by atoms with Crippen LogP contribution >= 0.6 is 0 Å². The summed E-state index contributed by atoms with van der Waals surface area (Å²) >= 11 is 0. The van der Waals surface area contributed by atoms with E-state index in [1.54, 1.807) is 0 Å². The summed E-state index contributed by atoms with van der Waals surface area (Å²) in [4.78, 5) is 18.6. The smallest absolute Gasteiger partial charge is 0.314 e. The zero-order valence-corrected chi connectivity index (χ0v) is 10.2. The Kier molecular flexibility index (Phi) is 2.88. The minimum absolute atomic E-state index is 0.535. The number of benzene rings is 1. The Bertz CT molecular complexity index is 533. The van der Waals surface area contributed by atoms with Crippen molar-refractivity contribution in [3.05, 3.63) is 29.1 Å². The van der Waals surface area contributed by atoms with Gasteiger partial charge in [-0.1, -0.05) is 6.92 Å². The predicted molar refractivity (Wildman–Crippen MR) is 66.2 cm³/mol. The van der Waals surface area contributed by atoms with E-state index in [2.05, 4.69) is 9.97 Å². The van der Waals surface area contributed by atoms with Crippen LogP contribution in [-0.4, -0.2) is 21.0 Å². The van der Waals surface area contributed by atoms with Crippen molar-refractivity contribution < 1.29 is 9.90 Å². The van der Waals surface area contributed by atoms with Gasteiger partial charge in [0, 0.05) is 0 Å². The molecule has 1 atom stereocenters. The number of H-pyrrole nitrogens is 1. The fraction of sp³-hybridized carbons (Fsp3) is 0.385. The number of fused-ring (bicyclic) bond motifs is 1. The minimum atomic E-state index is -0.833. The molecule has 4 heteroatoms. The molecular formula is C13H16N2O2. The highest BCUT2D eigenvalue weighted by atomic mass is 16.4. The van der Waals surface area contributed by atoms with Crippen molar-refractivity contribution in [1.82, 2.24) is 9.97 Å². The van der Waals surface area contributed by atoms with Crippen LogP contribution in [0.15, 0.2) is 12.1 Å². The summed E-state index contributed by atoms with van der Waals surface area (Å²) in [5.74, 6) is -0.844. The van der Waals surface area contributed by atoms with Crippen molar-refractivity contribution in [1.29, 1.82) is 0 Å². The number of aromatic nitrogens is 2. The molecule has 0 radical (unpaired) electrons. The van der Waals surface area contributed by atoms with Crippen LogP contribution in [-0.2, 0) is 4.79 Å². The minimum Gasteiger partial charge on any atom is -0.481 e. The molecule has 0 saturated heterocycles. The molecule has 2 N–H and O–H groups in total. The van der Waals surface area contributed by atoms with E-state index < -0.39 is 11.9 Å². The summed E-state index contributed by atoms with van der Waals surface area (Å²) in [5.41, 5.74) is 4.08. The number of imidazole rings is 1. The third kappa shape index (κ3) is 2.02. The fourth-order valence-electron chi connectivity index (χ4n) is 1.94. The molecule has 0 spiro atoms. The van der Waals surface area contributed by atoms with Gasteiger partial charge in [-0.15, -0.1) is 0 Å². The Balaban J connectivity index is 2.54. The van der Waals surface area contributed by atoms with E-state index in [9.17, 15) is 4.79 Å². The van der Waals surface area contributed by atoms with E-state index in [0.29, 0.717) is 12.2 Å². The van der Waals surface area contributed by atoms with Gasteiger partial charge in [-0.25, -0.2) is 4.98 Å². The van der Waals surface area contributed by atoms with Crippen molar-refractivity contribution in [3.8, 4) is 0 Å². The first-order valence-corrected chi connectivity index (χ1v) is 5.72. The van der Waals surface area contributed by atoms with Crippen molar-refractivity contribution in [2.24, 2.45) is 0 Å². The molecule has 0 aliphatic rings. The van der Waals surface area contributed by atoms with E-state index in [1.807, 2.05) is 32.9 Å². The maximum atomic E-state index is 11.1. The Morgan fingerprint density at radius 2 is 2.06 bits per heavy atom. The van der Waals surface area contributed by atoms with Gasteiger partial charge in [-0.3, -0.25) is 4.79 Å². The van der Waals surface area contributed by atoms with Gasteiger partial charge in [0.05, 0.1) is 11.0 Å². The third-order valence-electron chi connectivity index (χ3n) is 3.15. The molecule has 1 heterocycles. The summed E-state index contributed by atoms with van der Waals surface area (Å²) in [6.45, 7) is 5.91. The molecule has 0 saturated carbocycles. The van der Waals surface area contributed by atoms with Crippen LogP contribution in [0, 0.1) is 13.8 Å². The molecule has 4 nitrogen and oxygen atoms in total. The summed E-state index contributed by atoms with van der Waals surface area (Å²) in [6.07, 6.45) is 0.535. The molecular weight excluding hydrogens is 216 g/mol. The van der Waals surface area contributed by atoms with Crippen LogP contribution in [0.1, 0.15) is 36.2 Å². The predicted octanol–water partition coefficient (Wildman–Crippen LogP) is 2.76. The molecule has 0 bridgehead atoms. The van der Waals surface area contributed by atoms with Crippen molar-refractivity contribution in [2.75, 3.05) is 0 Å². The zero-order chi connectivity index (χ0) is 12.6. The SMILES string of the molecule is CCC(C(=O)O)c1nc2cc(C)c(C)cc2[nH]1. The number of aromatic amines is 1. The van der Waals surface area contributed by atoms with Gasteiger partial charge in [-0.05, 0) is 43.5 Å². The van der Waals surface area contributed by atoms with Crippen molar-refractivity contribution in [2.45, 2.75) is 33.1 Å². The van der Waals surface area contributed by atoms with Gasteiger partial charge in [0.1, 0.15) is 11.7 Å². The number of carboxylic acid groups (broad SMARTS) is 1. The summed E-state index contributed by atoms with van der Waals surface area (Å²) < 4.78 is 0. The second kappa shape index (κ2) is 4.20. The monoisotopic (exact) mass is 232 g/mol. The van der Waals surface area contributed by atoms with Gasteiger partial charge in [0.2, 0.25) is 0 Å². The number of hydrogen-bond acceptors (Lipinski definition) is 2. The van der Waals surface area contributed by atoms with E-state index in [-0.39, 0.29) is 0 Å². The average Bonchev–Trinajstić information content (AvgIpc) is 2.61. The number of rotatable bonds is 3. The highest BCUT2D eigenvalue weighted by Gasteiger charge is 2.21. The lowest BCUT2D eigenvalue weighted by Crippen LogP contribution is -2.11. The van der Waals surface area contributed by atoms with Gasteiger partial charge in [0.15, 0.2) is 0 Å². The van der Waals surface area contributed by atoms with Gasteiger partial charge < -0.3 is 10.1 Å². The van der Waals surface area contributed by atoms with Crippen LogP contribution in [0.2, 0.25) is 0 Å². The maximum absolute atomic E-state index is 11.1. The molecule has 90 valence electrons. The lowest BCUT2D eigenvalue weighted by atomic mass is 10.1. The number of hydrogen-bond donors (Lipinski definition) is 2. The average molecular weight is 232 g/mol. The molecule has 0 amide bonds. The van der Waals surface area contributed by atoms with E-state index in [1.165, 1.54) is 11.1 Å². The Hall–Kier alpha value is -1.84. The summed E-state index contributed by atoms with van der Waals surface area (Å²) in [6, 6.07) is 4.00. The second-order valence-electron chi connectivity index (χ2n) is 4.37. The van der Waals surface area contributed by atoms with E-state index in [0.717, 1.165) is 11.0 Å². The Morgan fingerprint density at radius 1 is 1.41 bits per heavy atom. The highest BCUT2D eigenvalue weighted by Crippen LogP contribution is 2.22. The first-order chi connectivity index (χ1) is 8.02. The van der Waals surface area contributed by atoms with Gasteiger partial charge in [0.25, 0.3) is 0 Å². The first kappa shape index (κ1) is 11.6. The van der Waals surface area contributed by atoms with Gasteiger partial charge in [-0.2, -0.15) is 0 Å². The zero-order valence-electron chi connectivity index (χ0n) is 10.2. The quantitative estimate of drug-likeness (QED) is 0.855. The molecule has 2 aromatic rings. The molecule has 0 aliphatic heterocycles. The number of aryl methyl sites for hydroxylation is 2. The molecule has 1 aromatic carbocycles. The first-order valence-electron chi connectivity index (χ1n) is 5.72. The summed E-state index contributed by atoms with van der Waals surface area (Å²) in [7, 11) is 0. The second-order valence-corrected chi connectivity index (χ2v) is 4.37. The molecule has 1 aromatic heterocycles. The largest absolute Gasteiger partial charge is 0.481 e. The topological polar surface area (TPSA) is 66.0 Å². The van der Waals surface area contributed by atoms with Crippen molar-refractivity contribution in [3.63, 3.8) is 0 Å².